The first-order valence-electron chi connectivity index (χ1n) is 11.6. The summed E-state index contributed by atoms with van der Waals surface area (Å²) in [6.45, 7) is 7.32. The molecule has 1 aromatic carbocycles. The molecule has 1 atom stereocenters. The number of amides is 2. The van der Waals surface area contributed by atoms with E-state index < -0.39 is 6.04 Å². The van der Waals surface area contributed by atoms with Crippen LogP contribution in [0.25, 0.3) is 16.7 Å². The summed E-state index contributed by atoms with van der Waals surface area (Å²) in [5.41, 5.74) is 3.24. The molecule has 1 fully saturated rings. The van der Waals surface area contributed by atoms with E-state index in [0.717, 1.165) is 49.3 Å². The second-order valence-corrected chi connectivity index (χ2v) is 8.75. The predicted octanol–water partition coefficient (Wildman–Crippen LogP) is 2.71. The van der Waals surface area contributed by atoms with Crippen molar-refractivity contribution in [1.82, 2.24) is 24.3 Å². The van der Waals surface area contributed by atoms with Crippen molar-refractivity contribution in [1.29, 1.82) is 0 Å². The van der Waals surface area contributed by atoms with Gasteiger partial charge in [-0.25, -0.2) is 4.98 Å². The molecule has 2 aromatic heterocycles. The zero-order valence-corrected chi connectivity index (χ0v) is 19.5. The first-order valence-corrected chi connectivity index (χ1v) is 11.6. The summed E-state index contributed by atoms with van der Waals surface area (Å²) >= 11 is 0. The molecule has 33 heavy (non-hydrogen) atoms. The predicted molar refractivity (Wildman–Crippen MR) is 127 cm³/mol. The maximum atomic E-state index is 13.2. The summed E-state index contributed by atoms with van der Waals surface area (Å²) in [5, 5.41) is 3.34. The molecule has 0 bridgehead atoms. The lowest BCUT2D eigenvalue weighted by Gasteiger charge is -2.29. The second kappa shape index (κ2) is 9.60. The van der Waals surface area contributed by atoms with E-state index in [2.05, 4.69) is 10.3 Å². The molecule has 0 radical (unpaired) electrons. The largest absolute Gasteiger partial charge is 0.345 e. The van der Waals surface area contributed by atoms with Crippen LogP contribution < -0.4 is 10.9 Å². The van der Waals surface area contributed by atoms with Gasteiger partial charge in [0.05, 0.1) is 11.7 Å². The standard InChI is InChI=1S/C25H31N5O3/c1-17-19(3)30(20-10-6-4-7-11-20)23-22(17)25(33)29(16-26-23)15-12-21(31)27-18(2)24(32)28-13-8-5-9-14-28/h4,6-7,10-11,16,18H,5,8-9,12-15H2,1-3H3,(H,27,31). The number of carbonyl (C=O) groups excluding carboxylic acids is 2. The van der Waals surface area contributed by atoms with Gasteiger partial charge < -0.3 is 10.2 Å². The number of likely N-dealkylation sites (tertiary alicyclic amines) is 1. The third-order valence-electron chi connectivity index (χ3n) is 6.49. The van der Waals surface area contributed by atoms with Crippen molar-refractivity contribution in [3.63, 3.8) is 0 Å². The fourth-order valence-corrected chi connectivity index (χ4v) is 4.52. The highest BCUT2D eigenvalue weighted by atomic mass is 16.2. The third kappa shape index (κ3) is 4.55. The quantitative estimate of drug-likeness (QED) is 0.627. The normalized spacial score (nSPS) is 14.9. The molecule has 0 spiro atoms. The van der Waals surface area contributed by atoms with Crippen molar-refractivity contribution in [2.24, 2.45) is 0 Å². The number of piperidine rings is 1. The monoisotopic (exact) mass is 449 g/mol. The van der Waals surface area contributed by atoms with E-state index in [1.165, 1.54) is 10.9 Å². The maximum absolute atomic E-state index is 13.2. The van der Waals surface area contributed by atoms with E-state index in [1.54, 1.807) is 6.92 Å². The van der Waals surface area contributed by atoms with Crippen molar-refractivity contribution in [3.05, 3.63) is 58.3 Å². The zero-order chi connectivity index (χ0) is 23.5. The van der Waals surface area contributed by atoms with Crippen LogP contribution >= 0.6 is 0 Å². The van der Waals surface area contributed by atoms with E-state index in [0.29, 0.717) is 11.0 Å². The van der Waals surface area contributed by atoms with Crippen molar-refractivity contribution >= 4 is 22.8 Å². The minimum Gasteiger partial charge on any atom is -0.345 e. The van der Waals surface area contributed by atoms with E-state index in [-0.39, 0.29) is 30.3 Å². The van der Waals surface area contributed by atoms with Crippen molar-refractivity contribution in [2.45, 2.75) is 59.0 Å². The van der Waals surface area contributed by atoms with Crippen LogP contribution in [0, 0.1) is 13.8 Å². The van der Waals surface area contributed by atoms with Crippen LogP contribution in [-0.2, 0) is 16.1 Å². The van der Waals surface area contributed by atoms with E-state index in [4.69, 9.17) is 0 Å². The third-order valence-corrected chi connectivity index (χ3v) is 6.49. The Morgan fingerprint density at radius 1 is 1.09 bits per heavy atom. The Hall–Kier alpha value is -3.42. The maximum Gasteiger partial charge on any atom is 0.263 e. The topological polar surface area (TPSA) is 89.2 Å². The minimum absolute atomic E-state index is 0.0448. The van der Waals surface area contributed by atoms with Gasteiger partial charge in [-0.3, -0.25) is 23.5 Å². The molecule has 3 aromatic rings. The lowest BCUT2D eigenvalue weighted by Crippen LogP contribution is -2.48. The molecular weight excluding hydrogens is 418 g/mol. The van der Waals surface area contributed by atoms with Crippen LogP contribution in [0.2, 0.25) is 0 Å². The Kier molecular flexibility index (Phi) is 6.62. The Morgan fingerprint density at radius 2 is 1.79 bits per heavy atom. The molecule has 8 nitrogen and oxygen atoms in total. The number of fused-ring (bicyclic) bond motifs is 1. The summed E-state index contributed by atoms with van der Waals surface area (Å²) in [6, 6.07) is 9.24. The average molecular weight is 450 g/mol. The number of carbonyl (C=O) groups is 2. The molecule has 1 aliphatic heterocycles. The van der Waals surface area contributed by atoms with Gasteiger partial charge in [-0.15, -0.1) is 0 Å². The Balaban J connectivity index is 1.48. The molecule has 1 N–H and O–H groups in total. The molecule has 0 aliphatic carbocycles. The van der Waals surface area contributed by atoms with Crippen molar-refractivity contribution in [2.75, 3.05) is 13.1 Å². The van der Waals surface area contributed by atoms with E-state index >= 15 is 0 Å². The van der Waals surface area contributed by atoms with E-state index in [1.807, 2.05) is 53.6 Å². The molecule has 1 saturated heterocycles. The summed E-state index contributed by atoms with van der Waals surface area (Å²) in [4.78, 5) is 44.6. The molecule has 4 rings (SSSR count). The molecule has 2 amide bonds. The SMILES string of the molecule is Cc1c(C)n(-c2ccccc2)c2ncn(CCC(=O)NC(C)C(=O)N3CCCCC3)c(=O)c12. The number of aryl methyl sites for hydroxylation is 2. The van der Waals surface area contributed by atoms with Gasteiger partial charge in [-0.2, -0.15) is 0 Å². The first kappa shape index (κ1) is 22.8. The molecule has 1 aliphatic rings. The lowest BCUT2D eigenvalue weighted by atomic mass is 10.1. The van der Waals surface area contributed by atoms with Crippen molar-refractivity contribution < 1.29 is 9.59 Å². The van der Waals surface area contributed by atoms with Crippen molar-refractivity contribution in [3.8, 4) is 5.69 Å². The fourth-order valence-electron chi connectivity index (χ4n) is 4.52. The number of hydrogen-bond acceptors (Lipinski definition) is 4. The number of aromatic nitrogens is 3. The number of para-hydroxylation sites is 1. The highest BCUT2D eigenvalue weighted by Crippen LogP contribution is 2.24. The number of benzene rings is 1. The summed E-state index contributed by atoms with van der Waals surface area (Å²) in [7, 11) is 0. The van der Waals surface area contributed by atoms with Gasteiger partial charge in [0.2, 0.25) is 11.8 Å². The molecule has 174 valence electrons. The lowest BCUT2D eigenvalue weighted by molar-refractivity contribution is -0.136. The number of nitrogens with one attached hydrogen (secondary N) is 1. The summed E-state index contributed by atoms with van der Waals surface area (Å²) in [5.74, 6) is -0.300. The Labute approximate surface area is 193 Å². The van der Waals surface area contributed by atoms with Gasteiger partial charge in [-0.05, 0) is 57.7 Å². The van der Waals surface area contributed by atoms with Crippen LogP contribution in [0.1, 0.15) is 43.9 Å². The Bertz CT molecular complexity index is 1220. The zero-order valence-electron chi connectivity index (χ0n) is 19.5. The highest BCUT2D eigenvalue weighted by Gasteiger charge is 2.23. The van der Waals surface area contributed by atoms with Gasteiger partial charge in [0, 0.05) is 37.4 Å². The molecular formula is C25H31N5O3. The van der Waals surface area contributed by atoms with Crippen LogP contribution in [0.5, 0.6) is 0 Å². The fraction of sp³-hybridized carbons (Fsp3) is 0.440. The van der Waals surface area contributed by atoms with Crippen LogP contribution in [-0.4, -0.2) is 50.0 Å². The molecule has 1 unspecified atom stereocenters. The molecule has 8 heteroatoms. The van der Waals surface area contributed by atoms with Gasteiger partial charge in [-0.1, -0.05) is 18.2 Å². The van der Waals surface area contributed by atoms with Crippen LogP contribution in [0.15, 0.2) is 41.5 Å². The molecule has 3 heterocycles. The first-order chi connectivity index (χ1) is 15.9. The van der Waals surface area contributed by atoms with Gasteiger partial charge in [0.1, 0.15) is 6.04 Å². The average Bonchev–Trinajstić information content (AvgIpc) is 3.09. The van der Waals surface area contributed by atoms with Gasteiger partial charge in [0.25, 0.3) is 5.56 Å². The van der Waals surface area contributed by atoms with E-state index in [9.17, 15) is 14.4 Å². The van der Waals surface area contributed by atoms with Gasteiger partial charge in [0.15, 0.2) is 5.65 Å². The number of hydrogen-bond donors (Lipinski definition) is 1. The van der Waals surface area contributed by atoms with Crippen LogP contribution in [0.4, 0.5) is 0 Å². The summed E-state index contributed by atoms with van der Waals surface area (Å²) < 4.78 is 3.46. The highest BCUT2D eigenvalue weighted by molar-refractivity contribution is 5.87. The second-order valence-electron chi connectivity index (χ2n) is 8.75. The smallest absolute Gasteiger partial charge is 0.263 e. The number of nitrogens with zero attached hydrogens (tertiary/aromatic N) is 4. The van der Waals surface area contributed by atoms with Crippen LogP contribution in [0.3, 0.4) is 0 Å². The summed E-state index contributed by atoms with van der Waals surface area (Å²) in [6.07, 6.45) is 4.76. The Morgan fingerprint density at radius 3 is 2.48 bits per heavy atom. The minimum atomic E-state index is -0.572. The van der Waals surface area contributed by atoms with Gasteiger partial charge >= 0.3 is 0 Å². The molecule has 0 saturated carbocycles. The number of rotatable bonds is 6.